The first-order valence-electron chi connectivity index (χ1n) is 11.3. The fraction of sp³-hybridized carbons (Fsp3) is 0.652. The van der Waals surface area contributed by atoms with Gasteiger partial charge in [0.15, 0.2) is 5.96 Å². The largest absolute Gasteiger partial charge is 0.444 e. The molecule has 0 aromatic heterocycles. The van der Waals surface area contributed by atoms with Crippen LogP contribution in [-0.4, -0.2) is 82.0 Å². The Morgan fingerprint density at radius 1 is 0.969 bits per heavy atom. The van der Waals surface area contributed by atoms with Gasteiger partial charge in [-0.25, -0.2) is 4.79 Å². The molecular formula is C23H41IN6O2. The van der Waals surface area contributed by atoms with E-state index in [9.17, 15) is 4.79 Å². The van der Waals surface area contributed by atoms with E-state index in [0.29, 0.717) is 6.54 Å². The molecule has 1 aliphatic rings. The van der Waals surface area contributed by atoms with E-state index in [-0.39, 0.29) is 30.1 Å². The second kappa shape index (κ2) is 15.2. The van der Waals surface area contributed by atoms with Crippen LogP contribution in [0.15, 0.2) is 35.3 Å². The lowest BCUT2D eigenvalue weighted by molar-refractivity contribution is 0.0527. The fourth-order valence-corrected chi connectivity index (χ4v) is 3.40. The first-order valence-corrected chi connectivity index (χ1v) is 11.3. The van der Waals surface area contributed by atoms with Gasteiger partial charge in [0.05, 0.1) is 0 Å². The summed E-state index contributed by atoms with van der Waals surface area (Å²) in [4.78, 5) is 20.9. The third kappa shape index (κ3) is 11.8. The summed E-state index contributed by atoms with van der Waals surface area (Å²) in [6.45, 7) is 13.2. The van der Waals surface area contributed by atoms with E-state index < -0.39 is 5.60 Å². The molecule has 1 heterocycles. The molecule has 1 aliphatic heterocycles. The van der Waals surface area contributed by atoms with Gasteiger partial charge in [-0.05, 0) is 52.3 Å². The highest BCUT2D eigenvalue weighted by Gasteiger charge is 2.17. The Balaban J connectivity index is 0.00000512. The highest BCUT2D eigenvalue weighted by molar-refractivity contribution is 14.0. The van der Waals surface area contributed by atoms with E-state index >= 15 is 0 Å². The van der Waals surface area contributed by atoms with Crippen LogP contribution in [0.4, 0.5) is 10.5 Å². The van der Waals surface area contributed by atoms with Crippen LogP contribution in [0.3, 0.4) is 0 Å². The fourth-order valence-electron chi connectivity index (χ4n) is 3.40. The van der Waals surface area contributed by atoms with Crippen molar-refractivity contribution in [3.05, 3.63) is 30.3 Å². The molecule has 0 radical (unpaired) electrons. The van der Waals surface area contributed by atoms with E-state index in [2.05, 4.69) is 61.1 Å². The van der Waals surface area contributed by atoms with Crippen molar-refractivity contribution in [2.75, 3.05) is 64.3 Å². The average molecular weight is 561 g/mol. The number of alkyl carbamates (subject to hydrolysis) is 1. The van der Waals surface area contributed by atoms with Gasteiger partial charge < -0.3 is 25.6 Å². The van der Waals surface area contributed by atoms with Crippen molar-refractivity contribution in [1.82, 2.24) is 20.9 Å². The Hall–Kier alpha value is -1.75. The van der Waals surface area contributed by atoms with Gasteiger partial charge in [0.1, 0.15) is 5.60 Å². The van der Waals surface area contributed by atoms with Gasteiger partial charge in [-0.15, -0.1) is 24.0 Å². The van der Waals surface area contributed by atoms with Gasteiger partial charge in [0.2, 0.25) is 0 Å². The van der Waals surface area contributed by atoms with Crippen molar-refractivity contribution in [3.63, 3.8) is 0 Å². The lowest BCUT2D eigenvalue weighted by Gasteiger charge is -2.36. The second-order valence-corrected chi connectivity index (χ2v) is 8.73. The molecule has 0 unspecified atom stereocenters. The van der Waals surface area contributed by atoms with Crippen LogP contribution in [0.25, 0.3) is 0 Å². The van der Waals surface area contributed by atoms with Gasteiger partial charge in [0.25, 0.3) is 0 Å². The standard InChI is InChI=1S/C23H40N6O2.HI/c1-23(2,3)31-22(30)27-13-8-12-25-21(24-4)26-14-9-15-28-16-18-29(19-17-28)20-10-6-5-7-11-20;/h5-7,10-11H,8-9,12-19H2,1-4H3,(H,27,30)(H2,24,25,26);1H. The number of para-hydroxylation sites is 1. The number of benzene rings is 1. The molecular weight excluding hydrogens is 519 g/mol. The number of aliphatic imine (C=N–C) groups is 1. The molecule has 1 fully saturated rings. The number of guanidine groups is 1. The quantitative estimate of drug-likeness (QED) is 0.187. The summed E-state index contributed by atoms with van der Waals surface area (Å²) in [5, 5.41) is 9.41. The van der Waals surface area contributed by atoms with E-state index in [4.69, 9.17) is 4.74 Å². The lowest BCUT2D eigenvalue weighted by atomic mass is 10.2. The van der Waals surface area contributed by atoms with Crippen LogP contribution in [0.2, 0.25) is 0 Å². The summed E-state index contributed by atoms with van der Waals surface area (Å²) in [6.07, 6.45) is 1.50. The number of halogens is 1. The Bertz CT molecular complexity index is 673. The molecule has 1 aromatic carbocycles. The van der Waals surface area contributed by atoms with Crippen LogP contribution in [-0.2, 0) is 4.74 Å². The second-order valence-electron chi connectivity index (χ2n) is 8.73. The number of hydrogen-bond donors (Lipinski definition) is 3. The third-order valence-corrected chi connectivity index (χ3v) is 4.98. The Kier molecular flexibility index (Phi) is 13.4. The average Bonchev–Trinajstić information content (AvgIpc) is 2.74. The molecule has 9 heteroatoms. The van der Waals surface area contributed by atoms with E-state index in [1.165, 1.54) is 5.69 Å². The zero-order valence-corrected chi connectivity index (χ0v) is 22.4. The lowest BCUT2D eigenvalue weighted by Crippen LogP contribution is -2.47. The highest BCUT2D eigenvalue weighted by Crippen LogP contribution is 2.15. The predicted molar refractivity (Wildman–Crippen MR) is 143 cm³/mol. The number of piperazine rings is 1. The molecule has 1 amide bonds. The van der Waals surface area contributed by atoms with Gasteiger partial charge >= 0.3 is 6.09 Å². The number of hydrogen-bond acceptors (Lipinski definition) is 5. The maximum Gasteiger partial charge on any atom is 0.407 e. The molecule has 2 rings (SSSR count). The number of ether oxygens (including phenoxy) is 1. The molecule has 182 valence electrons. The topological polar surface area (TPSA) is 81.2 Å². The summed E-state index contributed by atoms with van der Waals surface area (Å²) < 4.78 is 5.22. The Morgan fingerprint density at radius 3 is 2.16 bits per heavy atom. The van der Waals surface area contributed by atoms with Crippen LogP contribution < -0.4 is 20.9 Å². The third-order valence-electron chi connectivity index (χ3n) is 4.98. The van der Waals surface area contributed by atoms with Crippen molar-refractivity contribution in [2.45, 2.75) is 39.2 Å². The molecule has 0 aliphatic carbocycles. The molecule has 0 saturated carbocycles. The maximum absolute atomic E-state index is 11.6. The monoisotopic (exact) mass is 560 g/mol. The minimum Gasteiger partial charge on any atom is -0.444 e. The summed E-state index contributed by atoms with van der Waals surface area (Å²) in [7, 11) is 1.77. The Morgan fingerprint density at radius 2 is 1.56 bits per heavy atom. The van der Waals surface area contributed by atoms with Crippen LogP contribution in [0.1, 0.15) is 33.6 Å². The highest BCUT2D eigenvalue weighted by atomic mass is 127. The van der Waals surface area contributed by atoms with Gasteiger partial charge in [-0.2, -0.15) is 0 Å². The first-order chi connectivity index (χ1) is 14.9. The first kappa shape index (κ1) is 28.3. The molecule has 1 aromatic rings. The summed E-state index contributed by atoms with van der Waals surface area (Å²) in [6, 6.07) is 10.6. The van der Waals surface area contributed by atoms with E-state index in [0.717, 1.165) is 64.6 Å². The predicted octanol–water partition coefficient (Wildman–Crippen LogP) is 2.90. The smallest absolute Gasteiger partial charge is 0.407 e. The van der Waals surface area contributed by atoms with Crippen molar-refractivity contribution in [3.8, 4) is 0 Å². The number of amides is 1. The minimum atomic E-state index is -0.468. The zero-order valence-electron chi connectivity index (χ0n) is 20.0. The maximum atomic E-state index is 11.6. The normalized spacial score (nSPS) is 15.0. The number of rotatable bonds is 9. The zero-order chi connectivity index (χ0) is 22.5. The van der Waals surface area contributed by atoms with Crippen molar-refractivity contribution >= 4 is 41.7 Å². The number of nitrogens with zero attached hydrogens (tertiary/aromatic N) is 3. The number of carbonyl (C=O) groups is 1. The molecule has 32 heavy (non-hydrogen) atoms. The van der Waals surface area contributed by atoms with Gasteiger partial charge in [-0.3, -0.25) is 9.89 Å². The molecule has 3 N–H and O–H groups in total. The van der Waals surface area contributed by atoms with Crippen LogP contribution >= 0.6 is 24.0 Å². The SMILES string of the molecule is CN=C(NCCCNC(=O)OC(C)(C)C)NCCCN1CCN(c2ccccc2)CC1.I. The summed E-state index contributed by atoms with van der Waals surface area (Å²) in [5.74, 6) is 0.797. The number of anilines is 1. The molecule has 1 saturated heterocycles. The van der Waals surface area contributed by atoms with Crippen molar-refractivity contribution in [1.29, 1.82) is 0 Å². The van der Waals surface area contributed by atoms with E-state index in [1.807, 2.05) is 20.8 Å². The molecule has 0 spiro atoms. The van der Waals surface area contributed by atoms with Gasteiger partial charge in [0, 0.05) is 58.5 Å². The van der Waals surface area contributed by atoms with Crippen molar-refractivity contribution in [2.24, 2.45) is 4.99 Å². The number of carbonyl (C=O) groups excluding carboxylic acids is 1. The number of nitrogens with one attached hydrogen (secondary N) is 3. The Labute approximate surface area is 210 Å². The summed E-state index contributed by atoms with van der Waals surface area (Å²) in [5.41, 5.74) is 0.851. The summed E-state index contributed by atoms with van der Waals surface area (Å²) >= 11 is 0. The molecule has 8 nitrogen and oxygen atoms in total. The molecule has 0 atom stereocenters. The van der Waals surface area contributed by atoms with E-state index in [1.54, 1.807) is 7.05 Å². The minimum absolute atomic E-state index is 0. The van der Waals surface area contributed by atoms with Crippen molar-refractivity contribution < 1.29 is 9.53 Å². The van der Waals surface area contributed by atoms with Crippen LogP contribution in [0.5, 0.6) is 0 Å². The van der Waals surface area contributed by atoms with Gasteiger partial charge in [-0.1, -0.05) is 18.2 Å². The molecule has 0 bridgehead atoms. The van der Waals surface area contributed by atoms with Crippen LogP contribution in [0, 0.1) is 0 Å².